The lowest BCUT2D eigenvalue weighted by Gasteiger charge is -2.35. The molecule has 2 amide bonds. The van der Waals surface area contributed by atoms with Crippen molar-refractivity contribution in [3.05, 3.63) is 170 Å². The maximum atomic E-state index is 16.1. The highest BCUT2D eigenvalue weighted by molar-refractivity contribution is 9.10. The first kappa shape index (κ1) is 73.9. The zero-order valence-electron chi connectivity index (χ0n) is 59.3. The average Bonchev–Trinajstić information content (AvgIpc) is 1.56. The highest BCUT2D eigenvalue weighted by Gasteiger charge is 2.51. The van der Waals surface area contributed by atoms with Gasteiger partial charge in [0, 0.05) is 76.4 Å². The van der Waals surface area contributed by atoms with Gasteiger partial charge in [0.2, 0.25) is 0 Å². The minimum atomic E-state index is -0.340. The molecule has 98 heavy (non-hydrogen) atoms. The fourth-order valence-electron chi connectivity index (χ4n) is 14.3. The number of ether oxygens (including phenoxy) is 12. The molecular weight excluding hydrogens is 1300 g/mol. The van der Waals surface area contributed by atoms with E-state index in [1.54, 1.807) is 31.1 Å². The number of fused-ring (bicyclic) bond motifs is 4. The third-order valence-corrected chi connectivity index (χ3v) is 20.4. The third kappa shape index (κ3) is 17.5. The molecule has 6 aromatic rings. The molecule has 0 bridgehead atoms. The summed E-state index contributed by atoms with van der Waals surface area (Å²) in [6.07, 6.45) is 5.75. The predicted molar refractivity (Wildman–Crippen MR) is 390 cm³/mol. The fourth-order valence-corrected chi connectivity index (χ4v) is 14.6. The Labute approximate surface area is 589 Å². The van der Waals surface area contributed by atoms with E-state index in [0.717, 1.165) is 65.1 Å². The van der Waals surface area contributed by atoms with Crippen LogP contribution in [0.4, 0.5) is 0 Å². The van der Waals surface area contributed by atoms with Crippen LogP contribution in [-0.2, 0) is 66.0 Å². The molecule has 18 heteroatoms. The summed E-state index contributed by atoms with van der Waals surface area (Å²) >= 11 is 3.65. The maximum absolute atomic E-state index is 16.1. The SMILES string of the molecule is CCOCCOc1cc(CN2C(=O)C3=C(c4ccc(Br)cc4)N(Cc4cc(OCCOCC)cc(OCCOCC)c4)C(=O)C3=C2c2ccc(-c3ccc4c(c3)C(CCCOCCOC)(CCCOCCOC)c3cc(B5CC(C)(C)C(C)(C)C5)ccc3-4)cc2)cc(OCCOC)c1. The molecule has 4 aliphatic rings. The van der Waals surface area contributed by atoms with Gasteiger partial charge in [-0.15, -0.1) is 0 Å². The van der Waals surface area contributed by atoms with E-state index in [-0.39, 0.29) is 41.1 Å². The van der Waals surface area contributed by atoms with Crippen LogP contribution < -0.4 is 24.4 Å². The molecular formula is C80H100BBrN2O14. The molecule has 0 unspecified atom stereocenters. The van der Waals surface area contributed by atoms with Crippen molar-refractivity contribution in [3.63, 3.8) is 0 Å². The van der Waals surface area contributed by atoms with E-state index < -0.39 is 0 Å². The summed E-state index contributed by atoms with van der Waals surface area (Å²) < 4.78 is 71.3. The van der Waals surface area contributed by atoms with Gasteiger partial charge in [0.25, 0.3) is 11.8 Å². The Bertz CT molecular complexity index is 3660. The van der Waals surface area contributed by atoms with Crippen molar-refractivity contribution in [2.24, 2.45) is 10.8 Å². The van der Waals surface area contributed by atoms with Crippen LogP contribution in [0.25, 0.3) is 33.6 Å². The molecule has 0 spiro atoms. The predicted octanol–water partition coefficient (Wildman–Crippen LogP) is 14.5. The van der Waals surface area contributed by atoms with Crippen molar-refractivity contribution >= 4 is 51.3 Å². The number of halogens is 1. The van der Waals surface area contributed by atoms with Crippen LogP contribution in [0.3, 0.4) is 0 Å². The van der Waals surface area contributed by atoms with Crippen molar-refractivity contribution in [3.8, 4) is 45.3 Å². The Kier molecular flexibility index (Phi) is 26.4. The lowest BCUT2D eigenvalue weighted by molar-refractivity contribution is -0.124. The fraction of sp³-hybridized carbons (Fsp3) is 0.475. The molecule has 3 aliphatic heterocycles. The van der Waals surface area contributed by atoms with Crippen molar-refractivity contribution in [1.29, 1.82) is 0 Å². The second kappa shape index (κ2) is 35.0. The molecule has 16 nitrogen and oxygen atoms in total. The van der Waals surface area contributed by atoms with E-state index in [0.29, 0.717) is 176 Å². The van der Waals surface area contributed by atoms with Crippen LogP contribution in [0.15, 0.2) is 137 Å². The lowest BCUT2D eigenvalue weighted by Crippen LogP contribution is -2.32. The first-order valence-electron chi connectivity index (χ1n) is 35.0. The van der Waals surface area contributed by atoms with E-state index in [2.05, 4.69) is 104 Å². The molecule has 3 heterocycles. The Hall–Kier alpha value is -6.84. The largest absolute Gasteiger partial charge is 0.491 e. The molecule has 1 saturated heterocycles. The second-order valence-electron chi connectivity index (χ2n) is 26.9. The van der Waals surface area contributed by atoms with Gasteiger partial charge in [0.1, 0.15) is 49.4 Å². The minimum Gasteiger partial charge on any atom is -0.491 e. The molecule has 1 fully saturated rings. The molecule has 524 valence electrons. The Balaban J connectivity index is 1.09. The number of hydrogen-bond donors (Lipinski definition) is 0. The normalized spacial score (nSPS) is 15.8. The Morgan fingerprint density at radius 1 is 0.418 bits per heavy atom. The number of benzene rings is 6. The van der Waals surface area contributed by atoms with Gasteiger partial charge in [-0.2, -0.15) is 0 Å². The van der Waals surface area contributed by atoms with Gasteiger partial charge in [-0.25, -0.2) is 0 Å². The molecule has 0 aromatic heterocycles. The molecule has 10 rings (SSSR count). The molecule has 0 saturated carbocycles. The van der Waals surface area contributed by atoms with Crippen molar-refractivity contribution in [2.75, 3.05) is 134 Å². The number of nitrogens with zero attached hydrogens (tertiary/aromatic N) is 2. The summed E-state index contributed by atoms with van der Waals surface area (Å²) in [5, 5.41) is 0. The summed E-state index contributed by atoms with van der Waals surface area (Å²) in [6.45, 7) is 24.0. The van der Waals surface area contributed by atoms with E-state index >= 15 is 9.59 Å². The summed E-state index contributed by atoms with van der Waals surface area (Å²) in [7, 11) is 5.05. The topological polar surface area (TPSA) is 151 Å². The highest BCUT2D eigenvalue weighted by atomic mass is 79.9. The van der Waals surface area contributed by atoms with Gasteiger partial charge in [-0.3, -0.25) is 9.59 Å². The van der Waals surface area contributed by atoms with Crippen molar-refractivity contribution in [2.45, 2.75) is 105 Å². The lowest BCUT2D eigenvalue weighted by atomic mass is 9.42. The van der Waals surface area contributed by atoms with Gasteiger partial charge in [-0.1, -0.05) is 128 Å². The number of rotatable bonds is 41. The number of carbonyl (C=O) groups is 2. The zero-order chi connectivity index (χ0) is 69.2. The van der Waals surface area contributed by atoms with E-state index in [4.69, 9.17) is 56.8 Å². The van der Waals surface area contributed by atoms with Gasteiger partial charge in [0.15, 0.2) is 6.71 Å². The monoisotopic (exact) mass is 1400 g/mol. The summed E-state index contributed by atoms with van der Waals surface area (Å²) in [5.74, 6) is 1.57. The number of hydrogen-bond acceptors (Lipinski definition) is 14. The number of carbonyl (C=O) groups excluding carboxylic acids is 2. The maximum Gasteiger partial charge on any atom is 0.261 e. The van der Waals surface area contributed by atoms with Gasteiger partial charge < -0.3 is 66.6 Å². The molecule has 1 aliphatic carbocycles. The van der Waals surface area contributed by atoms with E-state index in [1.165, 1.54) is 27.7 Å². The minimum absolute atomic E-state index is 0.0803. The standard InChI is InChI=1S/C80H100BBrN2O14/c1-11-90-37-41-96-65-45-56(44-64(50-65)95-40-34-89-10)52-83-74(72-73(77(83)86)75(60-20-24-63(82)25-21-60)84(76(72)85)53-57-46-66(97-42-38-91-12-2)51-67(47-57)98-43-39-92-13-3)59-18-16-58(17-19-59)61-22-26-68-69-27-23-62(81-54-78(4,5)79(6,7)55-81)49-71(69)80(70(68)48-61,28-14-30-93-35-32-87-8)29-15-31-94-36-33-88-9/h16-27,44-51H,11-15,28-43,52-55H2,1-10H3. The first-order chi connectivity index (χ1) is 47.6. The summed E-state index contributed by atoms with van der Waals surface area (Å²) in [4.78, 5) is 35.6. The quantitative estimate of drug-likeness (QED) is 0.0264. The average molecular weight is 1400 g/mol. The summed E-state index contributed by atoms with van der Waals surface area (Å²) in [6, 6.07) is 41.8. The number of methoxy groups -OCH3 is 3. The smallest absolute Gasteiger partial charge is 0.261 e. The Morgan fingerprint density at radius 3 is 1.23 bits per heavy atom. The zero-order valence-corrected chi connectivity index (χ0v) is 60.9. The van der Waals surface area contributed by atoms with Crippen molar-refractivity contribution < 1.29 is 66.4 Å². The third-order valence-electron chi connectivity index (χ3n) is 19.9. The van der Waals surface area contributed by atoms with Crippen LogP contribution in [-0.4, -0.2) is 162 Å². The number of amides is 2. The highest BCUT2D eigenvalue weighted by Crippen LogP contribution is 2.57. The first-order valence-corrected chi connectivity index (χ1v) is 35.8. The summed E-state index contributed by atoms with van der Waals surface area (Å²) in [5.41, 5.74) is 13.2. The van der Waals surface area contributed by atoms with Crippen LogP contribution in [0, 0.1) is 10.8 Å². The van der Waals surface area contributed by atoms with Gasteiger partial charge in [0.05, 0.1) is 88.5 Å². The van der Waals surface area contributed by atoms with Crippen LogP contribution in [0.2, 0.25) is 12.6 Å². The van der Waals surface area contributed by atoms with E-state index in [1.807, 2.05) is 81.4 Å². The second-order valence-corrected chi connectivity index (χ2v) is 27.8. The molecule has 0 atom stereocenters. The van der Waals surface area contributed by atoms with E-state index in [9.17, 15) is 0 Å². The molecule has 0 radical (unpaired) electrons. The van der Waals surface area contributed by atoms with Crippen LogP contribution >= 0.6 is 15.9 Å². The van der Waals surface area contributed by atoms with Gasteiger partial charge >= 0.3 is 0 Å². The van der Waals surface area contributed by atoms with Gasteiger partial charge in [-0.05, 0) is 155 Å². The van der Waals surface area contributed by atoms with Crippen LogP contribution in [0.5, 0.6) is 23.0 Å². The molecule has 0 N–H and O–H groups in total. The van der Waals surface area contributed by atoms with Crippen molar-refractivity contribution in [1.82, 2.24) is 9.80 Å². The molecule has 6 aromatic carbocycles. The Morgan fingerprint density at radius 2 is 0.796 bits per heavy atom. The van der Waals surface area contributed by atoms with Crippen LogP contribution in [0.1, 0.15) is 108 Å².